The summed E-state index contributed by atoms with van der Waals surface area (Å²) in [5.74, 6) is -4.70. The van der Waals surface area contributed by atoms with Crippen LogP contribution in [0.2, 0.25) is 0 Å². The van der Waals surface area contributed by atoms with Gasteiger partial charge in [-0.3, -0.25) is 9.59 Å². The second-order valence-electron chi connectivity index (χ2n) is 8.51. The Kier molecular flexibility index (Phi) is 7.50. The number of carbonyl (C=O) groups is 2. The number of hydrogen-bond donors (Lipinski definition) is 8. The van der Waals surface area contributed by atoms with Gasteiger partial charge >= 0.3 is 11.9 Å². The van der Waals surface area contributed by atoms with Crippen LogP contribution in [0, 0.1) is 0 Å². The number of aromatic hydroxyl groups is 2. The maximum absolute atomic E-state index is 11.9. The Morgan fingerprint density at radius 2 is 1.74 bits per heavy atom. The molecule has 4 rings (SSSR count). The molecule has 14 heteroatoms. The fourth-order valence-corrected chi connectivity index (χ4v) is 4.00. The number of rotatable bonds is 7. The third-order valence-corrected chi connectivity index (χ3v) is 5.83. The van der Waals surface area contributed by atoms with Crippen molar-refractivity contribution in [3.63, 3.8) is 0 Å². The number of benzene rings is 1. The number of aliphatic carboxylic acids is 1. The third kappa shape index (κ3) is 5.38. The Balaban J connectivity index is 1.71. The molecule has 1 fully saturated rings. The van der Waals surface area contributed by atoms with E-state index in [4.69, 9.17) is 24.1 Å². The first-order valence-electron chi connectivity index (χ1n) is 11.2. The molecule has 1 aromatic carbocycles. The van der Waals surface area contributed by atoms with Crippen molar-refractivity contribution in [3.05, 3.63) is 64.8 Å². The number of phenolic OH excluding ortho intramolecular Hbond substituents is 2. The van der Waals surface area contributed by atoms with Crippen molar-refractivity contribution in [2.75, 3.05) is 6.61 Å². The lowest BCUT2D eigenvalue weighted by molar-refractivity contribution is -0.293. The van der Waals surface area contributed by atoms with Crippen LogP contribution in [0.25, 0.3) is 5.76 Å². The van der Waals surface area contributed by atoms with Crippen LogP contribution in [0.5, 0.6) is 11.5 Å². The van der Waals surface area contributed by atoms with E-state index in [1.165, 1.54) is 18.2 Å². The third-order valence-electron chi connectivity index (χ3n) is 5.83. The molecule has 0 bridgehead atoms. The molecule has 204 valence electrons. The van der Waals surface area contributed by atoms with Gasteiger partial charge < -0.3 is 59.8 Å². The van der Waals surface area contributed by atoms with Crippen LogP contribution in [0.1, 0.15) is 12.0 Å². The molecule has 14 nitrogen and oxygen atoms in total. The number of phenols is 2. The zero-order valence-electron chi connectivity index (χ0n) is 19.4. The van der Waals surface area contributed by atoms with Crippen LogP contribution in [-0.4, -0.2) is 96.2 Å². The fraction of sp³-hybridized carbons (Fsp3) is 0.333. The Labute approximate surface area is 213 Å². The monoisotopic (exact) mass is 536 g/mol. The summed E-state index contributed by atoms with van der Waals surface area (Å²) in [5.41, 5.74) is 0.277. The Morgan fingerprint density at radius 3 is 2.39 bits per heavy atom. The molecule has 2 aliphatic heterocycles. The van der Waals surface area contributed by atoms with Crippen molar-refractivity contribution >= 4 is 17.7 Å². The molecule has 0 spiro atoms. The number of ether oxygens (including phenoxy) is 4. The number of fused-ring (bicyclic) bond motifs is 1. The van der Waals surface area contributed by atoms with E-state index in [1.807, 2.05) is 0 Å². The number of carbonyl (C=O) groups excluding carboxylic acids is 1. The minimum Gasteiger partial charge on any atom is -0.508 e. The Bertz CT molecular complexity index is 1240. The van der Waals surface area contributed by atoms with E-state index >= 15 is 0 Å². The Hall–Kier alpha value is -4.24. The molecule has 2 heterocycles. The molecule has 1 saturated heterocycles. The van der Waals surface area contributed by atoms with Gasteiger partial charge in [-0.05, 0) is 24.3 Å². The molecule has 38 heavy (non-hydrogen) atoms. The quantitative estimate of drug-likeness (QED) is 0.128. The van der Waals surface area contributed by atoms with Gasteiger partial charge in [-0.2, -0.15) is 0 Å². The predicted molar refractivity (Wildman–Crippen MR) is 122 cm³/mol. The van der Waals surface area contributed by atoms with Gasteiger partial charge in [-0.1, -0.05) is 0 Å². The number of esters is 1. The first kappa shape index (κ1) is 26.8. The summed E-state index contributed by atoms with van der Waals surface area (Å²) in [6.07, 6.45) is -7.04. The standard InChI is InChI=1S/C24H24O14/c25-8-17-20(33)23(38-19(32)7-18(30)31)21(34)24(37-17)36-16-6-11-13(28)4-10(26)5-15(11)35-22(16)9-1-2-12(27)14(29)3-9/h1-6,15,17,20-21,23-29,33-34H,7-8H2,(H,30,31). The molecule has 1 aliphatic carbocycles. The molecule has 0 radical (unpaired) electrons. The zero-order valence-corrected chi connectivity index (χ0v) is 19.4. The summed E-state index contributed by atoms with van der Waals surface area (Å²) >= 11 is 0. The van der Waals surface area contributed by atoms with Gasteiger partial charge in [0.1, 0.15) is 36.3 Å². The van der Waals surface area contributed by atoms with Gasteiger partial charge in [-0.15, -0.1) is 0 Å². The van der Waals surface area contributed by atoms with Crippen LogP contribution < -0.4 is 0 Å². The summed E-state index contributed by atoms with van der Waals surface area (Å²) in [6.45, 7) is -0.800. The lowest BCUT2D eigenvalue weighted by Crippen LogP contribution is -2.60. The van der Waals surface area contributed by atoms with Gasteiger partial charge in [0.15, 0.2) is 35.2 Å². The van der Waals surface area contributed by atoms with Crippen molar-refractivity contribution in [1.29, 1.82) is 0 Å². The van der Waals surface area contributed by atoms with Crippen LogP contribution >= 0.6 is 0 Å². The van der Waals surface area contributed by atoms with Gasteiger partial charge in [0.05, 0.1) is 6.61 Å². The van der Waals surface area contributed by atoms with E-state index in [0.717, 1.165) is 18.2 Å². The number of allylic oxidation sites excluding steroid dienone is 2. The van der Waals surface area contributed by atoms with E-state index in [9.17, 15) is 45.3 Å². The highest BCUT2D eigenvalue weighted by atomic mass is 16.7. The molecule has 0 amide bonds. The molecule has 6 atom stereocenters. The predicted octanol–water partition coefficient (Wildman–Crippen LogP) is -0.169. The molecule has 1 aromatic rings. The minimum absolute atomic E-state index is 0.102. The van der Waals surface area contributed by atoms with Crippen LogP contribution in [0.3, 0.4) is 0 Å². The normalized spacial score (nSPS) is 28.8. The van der Waals surface area contributed by atoms with E-state index in [0.29, 0.717) is 0 Å². The molecule has 3 aliphatic rings. The molecular formula is C24H24O14. The maximum atomic E-state index is 11.9. The van der Waals surface area contributed by atoms with E-state index in [2.05, 4.69) is 0 Å². The van der Waals surface area contributed by atoms with Crippen LogP contribution in [0.4, 0.5) is 0 Å². The van der Waals surface area contributed by atoms with E-state index in [1.54, 1.807) is 0 Å². The maximum Gasteiger partial charge on any atom is 0.317 e. The van der Waals surface area contributed by atoms with Crippen molar-refractivity contribution in [2.24, 2.45) is 0 Å². The van der Waals surface area contributed by atoms with Crippen molar-refractivity contribution in [1.82, 2.24) is 0 Å². The molecule has 0 saturated carbocycles. The highest BCUT2D eigenvalue weighted by Gasteiger charge is 2.48. The summed E-state index contributed by atoms with van der Waals surface area (Å²) in [7, 11) is 0. The number of hydrogen-bond acceptors (Lipinski definition) is 13. The summed E-state index contributed by atoms with van der Waals surface area (Å²) in [4.78, 5) is 22.7. The van der Waals surface area contributed by atoms with Gasteiger partial charge in [0.25, 0.3) is 0 Å². The number of carboxylic acid groups (broad SMARTS) is 1. The van der Waals surface area contributed by atoms with Gasteiger partial charge in [0, 0.05) is 23.3 Å². The topological polar surface area (TPSA) is 233 Å². The molecule has 8 N–H and O–H groups in total. The average molecular weight is 536 g/mol. The number of carboxylic acids is 1. The molecular weight excluding hydrogens is 512 g/mol. The van der Waals surface area contributed by atoms with Gasteiger partial charge in [0.2, 0.25) is 6.29 Å². The first-order valence-corrected chi connectivity index (χ1v) is 11.2. The van der Waals surface area contributed by atoms with E-state index in [-0.39, 0.29) is 34.2 Å². The number of aliphatic hydroxyl groups excluding tert-OH is 5. The van der Waals surface area contributed by atoms with Crippen molar-refractivity contribution in [2.45, 2.75) is 43.2 Å². The smallest absolute Gasteiger partial charge is 0.317 e. The Morgan fingerprint density at radius 1 is 1.00 bits per heavy atom. The highest BCUT2D eigenvalue weighted by Crippen LogP contribution is 2.39. The highest BCUT2D eigenvalue weighted by molar-refractivity contribution is 5.90. The summed E-state index contributed by atoms with van der Waals surface area (Å²) in [5, 5.41) is 79.5. The van der Waals surface area contributed by atoms with Crippen molar-refractivity contribution < 1.29 is 69.4 Å². The van der Waals surface area contributed by atoms with Gasteiger partial charge in [-0.25, -0.2) is 0 Å². The van der Waals surface area contributed by atoms with Crippen LogP contribution in [0.15, 0.2) is 59.3 Å². The lowest BCUT2D eigenvalue weighted by Gasteiger charge is -2.41. The second-order valence-corrected chi connectivity index (χ2v) is 8.51. The van der Waals surface area contributed by atoms with Crippen molar-refractivity contribution in [3.8, 4) is 11.5 Å². The minimum atomic E-state index is -1.90. The molecule has 0 aromatic heterocycles. The zero-order chi connectivity index (χ0) is 27.7. The van der Waals surface area contributed by atoms with E-state index < -0.39 is 73.3 Å². The number of aliphatic hydroxyl groups is 5. The summed E-state index contributed by atoms with van der Waals surface area (Å²) < 4.78 is 22.1. The first-order chi connectivity index (χ1) is 18.0. The lowest BCUT2D eigenvalue weighted by atomic mass is 9.96. The molecule has 6 unspecified atom stereocenters. The van der Waals surface area contributed by atoms with Crippen LogP contribution in [-0.2, 0) is 28.5 Å². The average Bonchev–Trinajstić information content (AvgIpc) is 2.84. The SMILES string of the molecule is O=C(O)CC(=O)OC1C(O)C(CO)OC(OC2=C(c3ccc(O)c(O)c3)OC3C=C(O)C=C(O)C3=C2)C1O. The fourth-order valence-electron chi connectivity index (χ4n) is 4.00. The second kappa shape index (κ2) is 10.6. The largest absolute Gasteiger partial charge is 0.508 e. The summed E-state index contributed by atoms with van der Waals surface area (Å²) in [6, 6.07) is 3.64.